The highest BCUT2D eigenvalue weighted by molar-refractivity contribution is 5.95. The fourth-order valence-electron chi connectivity index (χ4n) is 2.95. The van der Waals surface area contributed by atoms with E-state index in [9.17, 15) is 14.3 Å². The Bertz CT molecular complexity index is 1080. The summed E-state index contributed by atoms with van der Waals surface area (Å²) in [4.78, 5) is 21.0. The first-order chi connectivity index (χ1) is 14.5. The van der Waals surface area contributed by atoms with Gasteiger partial charge in [-0.3, -0.25) is 4.79 Å². The number of nitrogens with zero attached hydrogens (tertiary/aromatic N) is 3. The van der Waals surface area contributed by atoms with Gasteiger partial charge in [0.05, 0.1) is 36.2 Å². The number of amides is 1. The monoisotopic (exact) mass is 405 g/mol. The SMILES string of the molecule is N#CCCc1cnc(N)c(-c2ccc(C(=O)N[C@H](CO)c3ccccc3)c(F)c2)n1. The van der Waals surface area contributed by atoms with Crippen LogP contribution in [0.3, 0.4) is 0 Å². The molecular formula is C22H20FN5O2. The number of aliphatic hydroxyl groups is 1. The van der Waals surface area contributed by atoms with Crippen molar-refractivity contribution in [3.05, 3.63) is 77.4 Å². The van der Waals surface area contributed by atoms with Crippen LogP contribution in [0.4, 0.5) is 10.2 Å². The molecule has 30 heavy (non-hydrogen) atoms. The number of nitriles is 1. The molecule has 0 radical (unpaired) electrons. The second-order valence-electron chi connectivity index (χ2n) is 6.57. The van der Waals surface area contributed by atoms with Crippen LogP contribution in [0, 0.1) is 17.1 Å². The summed E-state index contributed by atoms with van der Waals surface area (Å²) in [5, 5.41) is 20.9. The average molecular weight is 405 g/mol. The third kappa shape index (κ3) is 4.77. The molecule has 3 aromatic rings. The largest absolute Gasteiger partial charge is 0.394 e. The number of benzene rings is 2. The molecule has 0 saturated carbocycles. The van der Waals surface area contributed by atoms with Gasteiger partial charge in [0.15, 0.2) is 0 Å². The van der Waals surface area contributed by atoms with Gasteiger partial charge in [-0.2, -0.15) is 5.26 Å². The van der Waals surface area contributed by atoms with E-state index < -0.39 is 17.8 Å². The summed E-state index contributed by atoms with van der Waals surface area (Å²) in [5.74, 6) is -1.28. The molecule has 3 rings (SSSR count). The molecule has 152 valence electrons. The third-order valence-electron chi connectivity index (χ3n) is 4.52. The molecule has 0 aliphatic heterocycles. The van der Waals surface area contributed by atoms with Crippen LogP contribution in [-0.4, -0.2) is 27.6 Å². The second-order valence-corrected chi connectivity index (χ2v) is 6.57. The maximum absolute atomic E-state index is 14.7. The Labute approximate surface area is 173 Å². The van der Waals surface area contributed by atoms with Crippen molar-refractivity contribution in [1.82, 2.24) is 15.3 Å². The van der Waals surface area contributed by atoms with E-state index in [0.717, 1.165) is 0 Å². The van der Waals surface area contributed by atoms with Crippen molar-refractivity contribution in [1.29, 1.82) is 5.26 Å². The Morgan fingerprint density at radius 3 is 2.70 bits per heavy atom. The first-order valence-corrected chi connectivity index (χ1v) is 9.28. The Morgan fingerprint density at radius 1 is 1.27 bits per heavy atom. The second kappa shape index (κ2) is 9.58. The number of halogens is 1. The summed E-state index contributed by atoms with van der Waals surface area (Å²) in [6.45, 7) is -0.322. The number of nitrogens with two attached hydrogens (primary N) is 1. The topological polar surface area (TPSA) is 125 Å². The van der Waals surface area contributed by atoms with Gasteiger partial charge in [0.2, 0.25) is 0 Å². The van der Waals surface area contributed by atoms with Gasteiger partial charge in [-0.25, -0.2) is 14.4 Å². The lowest BCUT2D eigenvalue weighted by Crippen LogP contribution is -2.31. The molecule has 0 saturated heterocycles. The Hall–Kier alpha value is -3.83. The maximum atomic E-state index is 14.7. The lowest BCUT2D eigenvalue weighted by molar-refractivity contribution is 0.0912. The van der Waals surface area contributed by atoms with E-state index in [1.165, 1.54) is 24.4 Å². The Balaban J connectivity index is 1.83. The maximum Gasteiger partial charge on any atom is 0.254 e. The third-order valence-corrected chi connectivity index (χ3v) is 4.52. The van der Waals surface area contributed by atoms with Gasteiger partial charge in [0, 0.05) is 18.4 Å². The molecule has 2 aromatic carbocycles. The minimum absolute atomic E-state index is 0.122. The van der Waals surface area contributed by atoms with Crippen LogP contribution in [0.2, 0.25) is 0 Å². The molecule has 1 heterocycles. The molecule has 0 fully saturated rings. The van der Waals surface area contributed by atoms with E-state index in [4.69, 9.17) is 11.0 Å². The summed E-state index contributed by atoms with van der Waals surface area (Å²) >= 11 is 0. The molecule has 0 aliphatic rings. The number of aliphatic hydroxyl groups excluding tert-OH is 1. The van der Waals surface area contributed by atoms with Gasteiger partial charge in [0.25, 0.3) is 5.91 Å². The van der Waals surface area contributed by atoms with Crippen LogP contribution in [-0.2, 0) is 6.42 Å². The fraction of sp³-hybridized carbons (Fsp3) is 0.182. The molecule has 1 atom stereocenters. The summed E-state index contributed by atoms with van der Waals surface area (Å²) in [6.07, 6.45) is 2.16. The summed E-state index contributed by atoms with van der Waals surface area (Å²) in [5.41, 5.74) is 7.64. The van der Waals surface area contributed by atoms with E-state index in [0.29, 0.717) is 23.2 Å². The Kier molecular flexibility index (Phi) is 6.67. The van der Waals surface area contributed by atoms with Crippen molar-refractivity contribution >= 4 is 11.7 Å². The number of carbonyl (C=O) groups excluding carboxylic acids is 1. The minimum Gasteiger partial charge on any atom is -0.394 e. The van der Waals surface area contributed by atoms with Crippen molar-refractivity contribution in [2.75, 3.05) is 12.3 Å². The molecule has 1 amide bonds. The number of hydrogen-bond donors (Lipinski definition) is 3. The van der Waals surface area contributed by atoms with E-state index >= 15 is 0 Å². The van der Waals surface area contributed by atoms with Gasteiger partial charge >= 0.3 is 0 Å². The zero-order valence-corrected chi connectivity index (χ0v) is 16.0. The van der Waals surface area contributed by atoms with Crippen molar-refractivity contribution in [3.63, 3.8) is 0 Å². The van der Waals surface area contributed by atoms with Gasteiger partial charge in [-0.1, -0.05) is 36.4 Å². The lowest BCUT2D eigenvalue weighted by Gasteiger charge is -2.17. The highest BCUT2D eigenvalue weighted by atomic mass is 19.1. The number of hydrogen-bond acceptors (Lipinski definition) is 6. The molecule has 0 bridgehead atoms. The minimum atomic E-state index is -0.752. The Morgan fingerprint density at radius 2 is 2.03 bits per heavy atom. The van der Waals surface area contributed by atoms with Gasteiger partial charge in [0.1, 0.15) is 17.3 Å². The number of rotatable bonds is 7. The number of carbonyl (C=O) groups is 1. The average Bonchev–Trinajstić information content (AvgIpc) is 2.77. The first kappa shape index (κ1) is 20.9. The normalized spacial score (nSPS) is 11.5. The molecule has 0 spiro atoms. The highest BCUT2D eigenvalue weighted by Gasteiger charge is 2.19. The highest BCUT2D eigenvalue weighted by Crippen LogP contribution is 2.25. The van der Waals surface area contributed by atoms with Gasteiger partial charge < -0.3 is 16.2 Å². The molecule has 8 heteroatoms. The molecular weight excluding hydrogens is 385 g/mol. The molecule has 0 aliphatic carbocycles. The van der Waals surface area contributed by atoms with E-state index in [2.05, 4.69) is 15.3 Å². The number of nitrogens with one attached hydrogen (secondary N) is 1. The summed E-state index contributed by atoms with van der Waals surface area (Å²) in [6, 6.07) is 14.3. The summed E-state index contributed by atoms with van der Waals surface area (Å²) < 4.78 is 14.7. The van der Waals surface area contributed by atoms with Crippen LogP contribution in [0.15, 0.2) is 54.7 Å². The van der Waals surface area contributed by atoms with Crippen LogP contribution >= 0.6 is 0 Å². The number of nitrogen functional groups attached to an aromatic ring is 1. The zero-order chi connectivity index (χ0) is 21.5. The lowest BCUT2D eigenvalue weighted by atomic mass is 10.0. The molecule has 1 aromatic heterocycles. The smallest absolute Gasteiger partial charge is 0.254 e. The van der Waals surface area contributed by atoms with Crippen LogP contribution in [0.1, 0.15) is 34.1 Å². The van der Waals surface area contributed by atoms with E-state index in [1.807, 2.05) is 12.1 Å². The molecule has 0 unspecified atom stereocenters. The predicted molar refractivity (Wildman–Crippen MR) is 110 cm³/mol. The van der Waals surface area contributed by atoms with Crippen molar-refractivity contribution in [3.8, 4) is 17.3 Å². The molecule has 7 nitrogen and oxygen atoms in total. The van der Waals surface area contributed by atoms with Crippen LogP contribution < -0.4 is 11.1 Å². The quantitative estimate of drug-likeness (QED) is 0.555. The number of aromatic nitrogens is 2. The van der Waals surface area contributed by atoms with Gasteiger partial charge in [-0.05, 0) is 17.7 Å². The molecule has 4 N–H and O–H groups in total. The van der Waals surface area contributed by atoms with Crippen LogP contribution in [0.25, 0.3) is 11.3 Å². The first-order valence-electron chi connectivity index (χ1n) is 9.28. The van der Waals surface area contributed by atoms with E-state index in [-0.39, 0.29) is 30.1 Å². The van der Waals surface area contributed by atoms with Gasteiger partial charge in [-0.15, -0.1) is 0 Å². The van der Waals surface area contributed by atoms with Crippen molar-refractivity contribution in [2.45, 2.75) is 18.9 Å². The number of anilines is 1. The summed E-state index contributed by atoms with van der Waals surface area (Å²) in [7, 11) is 0. The fourth-order valence-corrected chi connectivity index (χ4v) is 2.95. The number of aryl methyl sites for hydroxylation is 1. The van der Waals surface area contributed by atoms with Crippen molar-refractivity contribution in [2.24, 2.45) is 0 Å². The van der Waals surface area contributed by atoms with Crippen LogP contribution in [0.5, 0.6) is 0 Å². The predicted octanol–water partition coefficient (Wildman–Crippen LogP) is 2.78. The zero-order valence-electron chi connectivity index (χ0n) is 16.0. The standard InChI is InChI=1S/C22H20FN5O2/c23-18-11-15(20-21(25)26-12-16(27-20)7-4-10-24)8-9-17(18)22(30)28-19(13-29)14-5-2-1-3-6-14/h1-3,5-6,8-9,11-12,19,29H,4,7,13H2,(H2,25,26)(H,28,30)/t19-/m1/s1. The van der Waals surface area contributed by atoms with Crippen molar-refractivity contribution < 1.29 is 14.3 Å². The van der Waals surface area contributed by atoms with E-state index in [1.54, 1.807) is 24.3 Å².